The lowest BCUT2D eigenvalue weighted by Gasteiger charge is -2.25. The number of hydrogen-bond acceptors (Lipinski definition) is 3. The number of fused-ring (bicyclic) bond motifs is 3. The molecule has 0 saturated heterocycles. The molecule has 2 aromatic rings. The van der Waals surface area contributed by atoms with Crippen LogP contribution in [0.25, 0.3) is 10.9 Å². The highest BCUT2D eigenvalue weighted by Gasteiger charge is 2.25. The molecule has 3 rings (SSSR count). The summed E-state index contributed by atoms with van der Waals surface area (Å²) in [6, 6.07) is 5.83. The SMILES string of the molecule is CC(C)NC1CCCc2c1[nH]c1ccc([N+](=O)[O-])cc21. The summed E-state index contributed by atoms with van der Waals surface area (Å²) >= 11 is 0. The van der Waals surface area contributed by atoms with Gasteiger partial charge >= 0.3 is 0 Å². The van der Waals surface area contributed by atoms with Crippen LogP contribution in [0.5, 0.6) is 0 Å². The van der Waals surface area contributed by atoms with Crippen LogP contribution in [0.2, 0.25) is 0 Å². The highest BCUT2D eigenvalue weighted by atomic mass is 16.6. The minimum Gasteiger partial charge on any atom is -0.357 e. The molecule has 1 atom stereocenters. The molecule has 0 bridgehead atoms. The van der Waals surface area contributed by atoms with Gasteiger partial charge in [-0.15, -0.1) is 0 Å². The van der Waals surface area contributed by atoms with Gasteiger partial charge in [0.2, 0.25) is 0 Å². The molecule has 0 aliphatic heterocycles. The van der Waals surface area contributed by atoms with Gasteiger partial charge in [0, 0.05) is 40.8 Å². The first-order valence-corrected chi connectivity index (χ1v) is 7.11. The second-order valence-electron chi connectivity index (χ2n) is 5.77. The second-order valence-corrected chi connectivity index (χ2v) is 5.77. The molecule has 0 amide bonds. The van der Waals surface area contributed by atoms with Crippen LogP contribution in [-0.2, 0) is 6.42 Å². The van der Waals surface area contributed by atoms with E-state index in [0.717, 1.165) is 30.2 Å². The molecule has 1 aliphatic rings. The van der Waals surface area contributed by atoms with Gasteiger partial charge in [0.25, 0.3) is 5.69 Å². The average molecular weight is 273 g/mol. The summed E-state index contributed by atoms with van der Waals surface area (Å²) in [4.78, 5) is 14.1. The van der Waals surface area contributed by atoms with Gasteiger partial charge in [-0.3, -0.25) is 10.1 Å². The molecule has 5 heteroatoms. The molecule has 5 nitrogen and oxygen atoms in total. The number of aromatic amines is 1. The van der Waals surface area contributed by atoms with Crippen LogP contribution < -0.4 is 5.32 Å². The van der Waals surface area contributed by atoms with Crippen molar-refractivity contribution in [3.05, 3.63) is 39.6 Å². The van der Waals surface area contributed by atoms with Crippen LogP contribution in [0.15, 0.2) is 18.2 Å². The number of aromatic nitrogens is 1. The molecule has 1 aliphatic carbocycles. The first-order chi connectivity index (χ1) is 9.56. The monoisotopic (exact) mass is 273 g/mol. The van der Waals surface area contributed by atoms with Gasteiger partial charge < -0.3 is 10.3 Å². The average Bonchev–Trinajstić information content (AvgIpc) is 2.77. The van der Waals surface area contributed by atoms with Crippen LogP contribution in [0.4, 0.5) is 5.69 Å². The highest BCUT2D eigenvalue weighted by molar-refractivity contribution is 5.87. The lowest BCUT2D eigenvalue weighted by Crippen LogP contribution is -2.30. The van der Waals surface area contributed by atoms with E-state index in [-0.39, 0.29) is 10.6 Å². The molecule has 20 heavy (non-hydrogen) atoms. The van der Waals surface area contributed by atoms with E-state index in [1.165, 1.54) is 11.3 Å². The Morgan fingerprint density at radius 3 is 2.95 bits per heavy atom. The van der Waals surface area contributed by atoms with Crippen molar-refractivity contribution in [2.75, 3.05) is 0 Å². The van der Waals surface area contributed by atoms with Gasteiger partial charge in [0.1, 0.15) is 0 Å². The summed E-state index contributed by atoms with van der Waals surface area (Å²) in [5, 5.41) is 15.5. The van der Waals surface area contributed by atoms with E-state index >= 15 is 0 Å². The summed E-state index contributed by atoms with van der Waals surface area (Å²) < 4.78 is 0. The Kier molecular flexibility index (Phi) is 3.22. The number of nitro benzene ring substituents is 1. The maximum atomic E-state index is 10.9. The van der Waals surface area contributed by atoms with Gasteiger partial charge in [-0.1, -0.05) is 13.8 Å². The smallest absolute Gasteiger partial charge is 0.270 e. The molecule has 106 valence electrons. The first kappa shape index (κ1) is 13.1. The quantitative estimate of drug-likeness (QED) is 0.664. The third-order valence-corrected chi connectivity index (χ3v) is 3.94. The maximum absolute atomic E-state index is 10.9. The summed E-state index contributed by atoms with van der Waals surface area (Å²) in [6.45, 7) is 4.28. The van der Waals surface area contributed by atoms with Crippen molar-refractivity contribution in [2.24, 2.45) is 0 Å². The van der Waals surface area contributed by atoms with Crippen LogP contribution in [0.1, 0.15) is 44.0 Å². The fraction of sp³-hybridized carbons (Fsp3) is 0.467. The molecular weight excluding hydrogens is 254 g/mol. The molecule has 0 fully saturated rings. The van der Waals surface area contributed by atoms with E-state index in [1.54, 1.807) is 12.1 Å². The van der Waals surface area contributed by atoms with E-state index in [0.29, 0.717) is 12.1 Å². The zero-order valence-electron chi connectivity index (χ0n) is 11.8. The number of rotatable bonds is 3. The number of hydrogen-bond donors (Lipinski definition) is 2. The number of aryl methyl sites for hydroxylation is 1. The number of nitro groups is 1. The highest BCUT2D eigenvalue weighted by Crippen LogP contribution is 2.36. The number of nitrogens with zero attached hydrogens (tertiary/aromatic N) is 1. The predicted octanol–water partition coefficient (Wildman–Crippen LogP) is 3.45. The van der Waals surface area contributed by atoms with Crippen molar-refractivity contribution < 1.29 is 4.92 Å². The van der Waals surface area contributed by atoms with Gasteiger partial charge in [0.05, 0.1) is 4.92 Å². The van der Waals surface area contributed by atoms with Gasteiger partial charge in [-0.05, 0) is 30.9 Å². The van der Waals surface area contributed by atoms with Crippen molar-refractivity contribution in [3.63, 3.8) is 0 Å². The zero-order chi connectivity index (χ0) is 14.3. The van der Waals surface area contributed by atoms with Gasteiger partial charge in [0.15, 0.2) is 0 Å². The third kappa shape index (κ3) is 2.18. The Labute approximate surface area is 117 Å². The predicted molar refractivity (Wildman–Crippen MR) is 78.9 cm³/mol. The Balaban J connectivity index is 2.10. The van der Waals surface area contributed by atoms with Gasteiger partial charge in [-0.25, -0.2) is 0 Å². The van der Waals surface area contributed by atoms with Gasteiger partial charge in [-0.2, -0.15) is 0 Å². The van der Waals surface area contributed by atoms with E-state index in [2.05, 4.69) is 24.1 Å². The molecule has 1 aromatic heterocycles. The molecule has 1 heterocycles. The minimum absolute atomic E-state index is 0.165. The van der Waals surface area contributed by atoms with E-state index in [9.17, 15) is 10.1 Å². The Bertz CT molecular complexity index is 660. The van der Waals surface area contributed by atoms with E-state index < -0.39 is 0 Å². The summed E-state index contributed by atoms with van der Waals surface area (Å²) in [6.07, 6.45) is 3.22. The van der Waals surface area contributed by atoms with Crippen LogP contribution in [0.3, 0.4) is 0 Å². The Morgan fingerprint density at radius 2 is 2.25 bits per heavy atom. The molecule has 0 spiro atoms. The number of non-ortho nitro benzene ring substituents is 1. The van der Waals surface area contributed by atoms with E-state index in [1.807, 2.05) is 6.07 Å². The molecule has 1 aromatic carbocycles. The summed E-state index contributed by atoms with van der Waals surface area (Å²) in [5.41, 5.74) is 3.62. The normalized spacial score (nSPS) is 18.4. The lowest BCUT2D eigenvalue weighted by molar-refractivity contribution is -0.384. The van der Waals surface area contributed by atoms with Crippen molar-refractivity contribution >= 4 is 16.6 Å². The number of benzene rings is 1. The molecule has 0 radical (unpaired) electrons. The number of nitrogens with one attached hydrogen (secondary N) is 2. The van der Waals surface area contributed by atoms with Crippen LogP contribution in [0, 0.1) is 10.1 Å². The standard InChI is InChI=1S/C15H19N3O2/c1-9(2)16-14-5-3-4-11-12-8-10(18(19)20)6-7-13(12)17-15(11)14/h6-9,14,16-17H,3-5H2,1-2H3. The fourth-order valence-corrected chi connectivity index (χ4v) is 3.13. The van der Waals surface area contributed by atoms with Crippen molar-refractivity contribution in [3.8, 4) is 0 Å². The largest absolute Gasteiger partial charge is 0.357 e. The number of H-pyrrole nitrogens is 1. The molecule has 2 N–H and O–H groups in total. The van der Waals surface area contributed by atoms with Crippen LogP contribution in [-0.4, -0.2) is 15.9 Å². The third-order valence-electron chi connectivity index (χ3n) is 3.94. The summed E-state index contributed by atoms with van der Waals surface area (Å²) in [5.74, 6) is 0. The Morgan fingerprint density at radius 1 is 1.45 bits per heavy atom. The fourth-order valence-electron chi connectivity index (χ4n) is 3.13. The van der Waals surface area contributed by atoms with E-state index in [4.69, 9.17) is 0 Å². The second kappa shape index (κ2) is 4.90. The Hall–Kier alpha value is -1.88. The molecule has 1 unspecified atom stereocenters. The maximum Gasteiger partial charge on any atom is 0.270 e. The zero-order valence-corrected chi connectivity index (χ0v) is 11.8. The van der Waals surface area contributed by atoms with Crippen molar-refractivity contribution in [1.82, 2.24) is 10.3 Å². The minimum atomic E-state index is -0.328. The first-order valence-electron chi connectivity index (χ1n) is 7.11. The van der Waals surface area contributed by atoms with Crippen molar-refractivity contribution in [2.45, 2.75) is 45.2 Å². The molecular formula is C15H19N3O2. The van der Waals surface area contributed by atoms with Crippen LogP contribution >= 0.6 is 0 Å². The lowest BCUT2D eigenvalue weighted by atomic mass is 9.91. The van der Waals surface area contributed by atoms with Crippen molar-refractivity contribution in [1.29, 1.82) is 0 Å². The topological polar surface area (TPSA) is 71.0 Å². The molecule has 0 saturated carbocycles. The summed E-state index contributed by atoms with van der Waals surface area (Å²) in [7, 11) is 0.